The van der Waals surface area contributed by atoms with Gasteiger partial charge in [0.05, 0.1) is 7.11 Å². The Hall–Kier alpha value is -1.27. The smallest absolute Gasteiger partial charge is 0.240 e. The van der Waals surface area contributed by atoms with Gasteiger partial charge in [0.1, 0.15) is 0 Å². The molecule has 0 amide bonds. The largest absolute Gasteiger partial charge is 0.493 e. The molecule has 1 atom stereocenters. The van der Waals surface area contributed by atoms with Gasteiger partial charge in [-0.15, -0.1) is 0 Å². The van der Waals surface area contributed by atoms with Crippen molar-refractivity contribution in [3.8, 4) is 5.75 Å². The fourth-order valence-electron chi connectivity index (χ4n) is 2.64. The lowest BCUT2D eigenvalue weighted by molar-refractivity contribution is 0.0727. The number of hydrogen-bond acceptors (Lipinski definition) is 3. The quantitative estimate of drug-likeness (QED) is 0.900. The van der Waals surface area contributed by atoms with Crippen molar-refractivity contribution in [1.29, 1.82) is 0 Å². The van der Waals surface area contributed by atoms with E-state index in [1.807, 2.05) is 4.90 Å². The Morgan fingerprint density at radius 1 is 1.30 bits per heavy atom. The van der Waals surface area contributed by atoms with E-state index in [2.05, 4.69) is 5.32 Å². The Morgan fingerprint density at radius 3 is 2.60 bits per heavy atom. The molecule has 0 spiro atoms. The van der Waals surface area contributed by atoms with Crippen molar-refractivity contribution >= 4 is 0 Å². The molecule has 0 aromatic heterocycles. The summed E-state index contributed by atoms with van der Waals surface area (Å²) >= 11 is 0. The molecule has 0 bridgehead atoms. The summed E-state index contributed by atoms with van der Waals surface area (Å²) in [6.07, 6.45) is -2.76. The number of halogens is 3. The summed E-state index contributed by atoms with van der Waals surface area (Å²) in [5, 5.41) is 3.18. The molecule has 0 radical (unpaired) electrons. The second kappa shape index (κ2) is 6.95. The van der Waals surface area contributed by atoms with Crippen LogP contribution in [0.25, 0.3) is 0 Å². The molecule has 1 aliphatic heterocycles. The first kappa shape index (κ1) is 15.1. The first-order valence-corrected chi connectivity index (χ1v) is 6.68. The SMILES string of the molecule is COc1c(F)cccc1[C@@H](CC(F)F)N1CCNCC1. The minimum atomic E-state index is -2.44. The molecule has 1 aromatic rings. The highest BCUT2D eigenvalue weighted by molar-refractivity contribution is 5.37. The lowest BCUT2D eigenvalue weighted by Gasteiger charge is -2.35. The van der Waals surface area contributed by atoms with Crippen LogP contribution in [-0.2, 0) is 0 Å². The van der Waals surface area contributed by atoms with E-state index in [9.17, 15) is 13.2 Å². The van der Waals surface area contributed by atoms with Crippen LogP contribution < -0.4 is 10.1 Å². The molecule has 6 heteroatoms. The maximum absolute atomic E-state index is 13.8. The van der Waals surface area contributed by atoms with E-state index >= 15 is 0 Å². The summed E-state index contributed by atoms with van der Waals surface area (Å²) in [4.78, 5) is 1.96. The summed E-state index contributed by atoms with van der Waals surface area (Å²) in [6, 6.07) is 3.95. The van der Waals surface area contributed by atoms with Crippen LogP contribution >= 0.6 is 0 Å². The van der Waals surface area contributed by atoms with Gasteiger partial charge in [0, 0.05) is 44.2 Å². The van der Waals surface area contributed by atoms with Gasteiger partial charge < -0.3 is 10.1 Å². The van der Waals surface area contributed by atoms with Gasteiger partial charge in [0.25, 0.3) is 0 Å². The third-order valence-corrected chi connectivity index (χ3v) is 3.55. The number of piperazine rings is 1. The van der Waals surface area contributed by atoms with Crippen molar-refractivity contribution in [2.45, 2.75) is 18.9 Å². The molecule has 1 heterocycles. The van der Waals surface area contributed by atoms with E-state index in [4.69, 9.17) is 4.74 Å². The number of benzene rings is 1. The van der Waals surface area contributed by atoms with Crippen molar-refractivity contribution in [1.82, 2.24) is 10.2 Å². The molecule has 1 N–H and O–H groups in total. The number of methoxy groups -OCH3 is 1. The molecular weight excluding hydrogens is 269 g/mol. The van der Waals surface area contributed by atoms with Crippen LogP contribution in [0.5, 0.6) is 5.75 Å². The van der Waals surface area contributed by atoms with Gasteiger partial charge in [-0.3, -0.25) is 4.90 Å². The molecule has 0 saturated carbocycles. The van der Waals surface area contributed by atoms with E-state index in [-0.39, 0.29) is 12.2 Å². The van der Waals surface area contributed by atoms with Crippen molar-refractivity contribution in [3.05, 3.63) is 29.6 Å². The third-order valence-electron chi connectivity index (χ3n) is 3.55. The van der Waals surface area contributed by atoms with E-state index < -0.39 is 18.3 Å². The number of nitrogens with one attached hydrogen (secondary N) is 1. The van der Waals surface area contributed by atoms with Gasteiger partial charge in [-0.05, 0) is 6.07 Å². The second-order valence-electron chi connectivity index (χ2n) is 4.79. The zero-order valence-electron chi connectivity index (χ0n) is 11.4. The summed E-state index contributed by atoms with van der Waals surface area (Å²) < 4.78 is 44.6. The van der Waals surface area contributed by atoms with Crippen molar-refractivity contribution in [2.75, 3.05) is 33.3 Å². The third kappa shape index (κ3) is 3.43. The van der Waals surface area contributed by atoms with Gasteiger partial charge in [0.15, 0.2) is 11.6 Å². The van der Waals surface area contributed by atoms with Crippen LogP contribution in [0.4, 0.5) is 13.2 Å². The van der Waals surface area contributed by atoms with Gasteiger partial charge in [-0.1, -0.05) is 12.1 Å². The van der Waals surface area contributed by atoms with Gasteiger partial charge in [-0.25, -0.2) is 13.2 Å². The average Bonchev–Trinajstić information content (AvgIpc) is 2.45. The Labute approximate surface area is 116 Å². The molecule has 0 aliphatic carbocycles. The summed E-state index contributed by atoms with van der Waals surface area (Å²) in [5.74, 6) is -0.448. The predicted molar refractivity (Wildman–Crippen MR) is 70.8 cm³/mol. The van der Waals surface area contributed by atoms with Gasteiger partial charge in [-0.2, -0.15) is 0 Å². The predicted octanol–water partition coefficient (Wildman–Crippen LogP) is 2.44. The zero-order chi connectivity index (χ0) is 14.5. The van der Waals surface area contributed by atoms with E-state index in [0.29, 0.717) is 18.7 Å². The van der Waals surface area contributed by atoms with Crippen molar-refractivity contribution < 1.29 is 17.9 Å². The maximum atomic E-state index is 13.8. The molecule has 112 valence electrons. The summed E-state index contributed by atoms with van der Waals surface area (Å²) in [7, 11) is 1.36. The van der Waals surface area contributed by atoms with Gasteiger partial charge in [0.2, 0.25) is 6.43 Å². The lowest BCUT2D eigenvalue weighted by Crippen LogP contribution is -2.45. The first-order valence-electron chi connectivity index (χ1n) is 6.68. The van der Waals surface area contributed by atoms with Crippen molar-refractivity contribution in [2.24, 2.45) is 0 Å². The van der Waals surface area contributed by atoms with Crippen LogP contribution in [0.1, 0.15) is 18.0 Å². The number of ether oxygens (including phenoxy) is 1. The number of hydrogen-bond donors (Lipinski definition) is 1. The molecule has 2 rings (SSSR count). The summed E-state index contributed by atoms with van der Waals surface area (Å²) in [6.45, 7) is 2.82. The van der Waals surface area contributed by atoms with E-state index in [0.717, 1.165) is 13.1 Å². The monoisotopic (exact) mass is 288 g/mol. The first-order chi connectivity index (χ1) is 9.63. The topological polar surface area (TPSA) is 24.5 Å². The summed E-state index contributed by atoms with van der Waals surface area (Å²) in [5.41, 5.74) is 0.495. The second-order valence-corrected chi connectivity index (χ2v) is 4.79. The number of alkyl halides is 2. The van der Waals surface area contributed by atoms with E-state index in [1.165, 1.54) is 19.2 Å². The zero-order valence-corrected chi connectivity index (χ0v) is 11.4. The van der Waals surface area contributed by atoms with Crippen LogP contribution in [0, 0.1) is 5.82 Å². The maximum Gasteiger partial charge on any atom is 0.240 e. The Kier molecular flexibility index (Phi) is 5.25. The molecule has 20 heavy (non-hydrogen) atoms. The molecule has 1 aromatic carbocycles. The highest BCUT2D eigenvalue weighted by atomic mass is 19.3. The Balaban J connectivity index is 2.32. The Morgan fingerprint density at radius 2 is 2.00 bits per heavy atom. The lowest BCUT2D eigenvalue weighted by atomic mass is 10.00. The van der Waals surface area contributed by atoms with Crippen LogP contribution in [0.15, 0.2) is 18.2 Å². The van der Waals surface area contributed by atoms with Crippen LogP contribution in [-0.4, -0.2) is 44.6 Å². The number of rotatable bonds is 5. The minimum absolute atomic E-state index is 0.0664. The molecular formula is C14H19F3N2O. The van der Waals surface area contributed by atoms with Crippen LogP contribution in [0.3, 0.4) is 0 Å². The molecule has 1 fully saturated rings. The highest BCUT2D eigenvalue weighted by Gasteiger charge is 2.28. The number of nitrogens with zero attached hydrogens (tertiary/aromatic N) is 1. The standard InChI is InChI=1S/C14H19F3N2O/c1-20-14-10(3-2-4-11(14)15)12(9-13(16)17)19-7-5-18-6-8-19/h2-4,12-13,18H,5-9H2,1H3/t12-/m1/s1. The minimum Gasteiger partial charge on any atom is -0.493 e. The van der Waals surface area contributed by atoms with Crippen LogP contribution in [0.2, 0.25) is 0 Å². The molecule has 0 unspecified atom stereocenters. The normalized spacial score (nSPS) is 18.2. The van der Waals surface area contributed by atoms with Gasteiger partial charge >= 0.3 is 0 Å². The molecule has 1 saturated heterocycles. The molecule has 3 nitrogen and oxygen atoms in total. The number of para-hydroxylation sites is 1. The van der Waals surface area contributed by atoms with E-state index in [1.54, 1.807) is 6.07 Å². The van der Waals surface area contributed by atoms with Crippen molar-refractivity contribution in [3.63, 3.8) is 0 Å². The Bertz CT molecular complexity index is 436. The fraction of sp³-hybridized carbons (Fsp3) is 0.571. The highest BCUT2D eigenvalue weighted by Crippen LogP contribution is 2.35. The average molecular weight is 288 g/mol. The fourth-order valence-corrected chi connectivity index (χ4v) is 2.64. The molecule has 1 aliphatic rings.